The maximum atomic E-state index is 13.2. The Bertz CT molecular complexity index is 1010. The molecule has 5 nitrogen and oxygen atoms in total. The van der Waals surface area contributed by atoms with Gasteiger partial charge in [-0.3, -0.25) is 9.59 Å². The molecule has 0 aliphatic carbocycles. The van der Waals surface area contributed by atoms with Gasteiger partial charge in [0.25, 0.3) is 5.91 Å². The molecule has 140 valence electrons. The minimum Gasteiger partial charge on any atom is -0.457 e. The average Bonchev–Trinajstić information content (AvgIpc) is 2.71. The molecular formula is C23H20N2O3. The van der Waals surface area contributed by atoms with Gasteiger partial charge < -0.3 is 15.0 Å². The Labute approximate surface area is 163 Å². The van der Waals surface area contributed by atoms with Gasteiger partial charge in [0.1, 0.15) is 11.5 Å². The summed E-state index contributed by atoms with van der Waals surface area (Å²) in [4.78, 5) is 27.0. The largest absolute Gasteiger partial charge is 0.457 e. The van der Waals surface area contributed by atoms with E-state index in [1.165, 1.54) is 4.90 Å². The van der Waals surface area contributed by atoms with Crippen LogP contribution in [0.2, 0.25) is 0 Å². The van der Waals surface area contributed by atoms with Crippen LogP contribution in [-0.4, -0.2) is 30.8 Å². The van der Waals surface area contributed by atoms with E-state index >= 15 is 0 Å². The molecule has 0 bridgehead atoms. The van der Waals surface area contributed by atoms with E-state index in [-0.39, 0.29) is 11.8 Å². The van der Waals surface area contributed by atoms with Crippen molar-refractivity contribution in [3.63, 3.8) is 0 Å². The van der Waals surface area contributed by atoms with E-state index in [2.05, 4.69) is 5.32 Å². The number of fused-ring (bicyclic) bond motifs is 2. The summed E-state index contributed by atoms with van der Waals surface area (Å²) in [6, 6.07) is 22.1. The van der Waals surface area contributed by atoms with Crippen LogP contribution in [0.4, 0.5) is 5.69 Å². The van der Waals surface area contributed by atoms with Gasteiger partial charge in [-0.1, -0.05) is 42.5 Å². The maximum Gasteiger partial charge on any atom is 0.253 e. The molecule has 1 heterocycles. The van der Waals surface area contributed by atoms with Crippen molar-refractivity contribution in [2.45, 2.75) is 5.92 Å². The molecule has 1 aliphatic heterocycles. The molecule has 5 heteroatoms. The lowest BCUT2D eigenvalue weighted by Crippen LogP contribution is -2.25. The number of hydrogen-bond acceptors (Lipinski definition) is 3. The fraction of sp³-hybridized carbons (Fsp3) is 0.130. The number of ether oxygens (including phenoxy) is 1. The molecule has 0 spiro atoms. The molecule has 0 atom stereocenters. The molecule has 1 N–H and O–H groups in total. The Morgan fingerprint density at radius 3 is 2.07 bits per heavy atom. The number of benzene rings is 3. The number of anilines is 1. The molecule has 3 aromatic carbocycles. The highest BCUT2D eigenvalue weighted by Crippen LogP contribution is 2.44. The zero-order valence-electron chi connectivity index (χ0n) is 15.7. The summed E-state index contributed by atoms with van der Waals surface area (Å²) in [5.41, 5.74) is 2.74. The Balaban J connectivity index is 1.68. The zero-order chi connectivity index (χ0) is 19.7. The number of rotatable bonds is 3. The molecule has 28 heavy (non-hydrogen) atoms. The first-order chi connectivity index (χ1) is 13.5. The molecule has 0 radical (unpaired) electrons. The van der Waals surface area contributed by atoms with E-state index in [4.69, 9.17) is 4.74 Å². The van der Waals surface area contributed by atoms with E-state index < -0.39 is 5.92 Å². The molecule has 0 unspecified atom stereocenters. The summed E-state index contributed by atoms with van der Waals surface area (Å²) in [5.74, 6) is 0.584. The number of para-hydroxylation sites is 2. The quantitative estimate of drug-likeness (QED) is 0.747. The van der Waals surface area contributed by atoms with Crippen LogP contribution in [0.15, 0.2) is 72.8 Å². The number of nitrogens with zero attached hydrogens (tertiary/aromatic N) is 1. The van der Waals surface area contributed by atoms with Crippen LogP contribution >= 0.6 is 0 Å². The van der Waals surface area contributed by atoms with E-state index in [0.29, 0.717) is 22.7 Å². The minimum absolute atomic E-state index is 0.113. The summed E-state index contributed by atoms with van der Waals surface area (Å²) in [7, 11) is 3.40. The van der Waals surface area contributed by atoms with E-state index in [0.717, 1.165) is 11.1 Å². The van der Waals surface area contributed by atoms with Crippen LogP contribution in [0.1, 0.15) is 27.4 Å². The van der Waals surface area contributed by atoms with E-state index in [1.54, 1.807) is 38.4 Å². The number of hydrogen-bond donors (Lipinski definition) is 1. The highest BCUT2D eigenvalue weighted by atomic mass is 16.5. The number of nitrogens with one attached hydrogen (secondary N) is 1. The first-order valence-corrected chi connectivity index (χ1v) is 9.03. The van der Waals surface area contributed by atoms with Gasteiger partial charge in [-0.25, -0.2) is 0 Å². The SMILES string of the molecule is CN(C)C(=O)c1cccc(NC(=O)C2c3ccccc3Oc3ccccc32)c1. The second-order valence-corrected chi connectivity index (χ2v) is 6.88. The molecule has 2 amide bonds. The molecule has 4 rings (SSSR count). The first-order valence-electron chi connectivity index (χ1n) is 9.03. The van der Waals surface area contributed by atoms with Gasteiger partial charge in [-0.2, -0.15) is 0 Å². The second kappa shape index (κ2) is 7.19. The predicted molar refractivity (Wildman–Crippen MR) is 108 cm³/mol. The highest BCUT2D eigenvalue weighted by molar-refractivity contribution is 6.01. The van der Waals surface area contributed by atoms with Crippen molar-refractivity contribution in [3.05, 3.63) is 89.5 Å². The van der Waals surface area contributed by atoms with Gasteiger partial charge in [0.2, 0.25) is 5.91 Å². The standard InChI is InChI=1S/C23H20N2O3/c1-25(2)23(27)15-8-7-9-16(14-15)24-22(26)21-17-10-3-5-12-19(17)28-20-13-6-4-11-18(20)21/h3-14,21H,1-2H3,(H,24,26). The first kappa shape index (κ1) is 17.8. The smallest absolute Gasteiger partial charge is 0.253 e. The van der Waals surface area contributed by atoms with Crippen molar-refractivity contribution in [2.24, 2.45) is 0 Å². The van der Waals surface area contributed by atoms with Gasteiger partial charge in [-0.15, -0.1) is 0 Å². The molecule has 0 saturated heterocycles. The van der Waals surface area contributed by atoms with Crippen molar-refractivity contribution in [1.29, 1.82) is 0 Å². The van der Waals surface area contributed by atoms with Crippen LogP contribution in [-0.2, 0) is 4.79 Å². The van der Waals surface area contributed by atoms with Crippen molar-refractivity contribution in [1.82, 2.24) is 4.90 Å². The van der Waals surface area contributed by atoms with Gasteiger partial charge in [0.15, 0.2) is 0 Å². The third-order valence-electron chi connectivity index (χ3n) is 4.73. The third-order valence-corrected chi connectivity index (χ3v) is 4.73. The van der Waals surface area contributed by atoms with Gasteiger partial charge in [0.05, 0.1) is 5.92 Å². The third kappa shape index (κ3) is 3.22. The Hall–Kier alpha value is -3.60. The molecule has 0 fully saturated rings. The Morgan fingerprint density at radius 2 is 1.46 bits per heavy atom. The van der Waals surface area contributed by atoms with Gasteiger partial charge in [-0.05, 0) is 30.3 Å². The number of carbonyl (C=O) groups is 2. The van der Waals surface area contributed by atoms with Crippen molar-refractivity contribution in [2.75, 3.05) is 19.4 Å². The van der Waals surface area contributed by atoms with Crippen molar-refractivity contribution < 1.29 is 14.3 Å². The molecule has 0 saturated carbocycles. The van der Waals surface area contributed by atoms with Gasteiger partial charge >= 0.3 is 0 Å². The topological polar surface area (TPSA) is 58.6 Å². The summed E-state index contributed by atoms with van der Waals surface area (Å²) in [6.07, 6.45) is 0. The number of amides is 2. The zero-order valence-corrected chi connectivity index (χ0v) is 15.7. The Morgan fingerprint density at radius 1 is 0.857 bits per heavy atom. The van der Waals surface area contributed by atoms with Crippen molar-refractivity contribution in [3.8, 4) is 11.5 Å². The Kier molecular flexibility index (Phi) is 4.57. The lowest BCUT2D eigenvalue weighted by atomic mass is 9.87. The van der Waals surface area contributed by atoms with Crippen LogP contribution in [0, 0.1) is 0 Å². The maximum absolute atomic E-state index is 13.2. The van der Waals surface area contributed by atoms with Crippen LogP contribution < -0.4 is 10.1 Å². The summed E-state index contributed by atoms with van der Waals surface area (Å²) in [5, 5.41) is 2.96. The second-order valence-electron chi connectivity index (χ2n) is 6.88. The predicted octanol–water partition coefficient (Wildman–Crippen LogP) is 4.26. The number of carbonyl (C=O) groups excluding carboxylic acids is 2. The summed E-state index contributed by atoms with van der Waals surface area (Å²) in [6.45, 7) is 0. The lowest BCUT2D eigenvalue weighted by Gasteiger charge is -2.27. The van der Waals surface area contributed by atoms with Crippen molar-refractivity contribution >= 4 is 17.5 Å². The van der Waals surface area contributed by atoms with Crippen LogP contribution in [0.5, 0.6) is 11.5 Å². The fourth-order valence-electron chi connectivity index (χ4n) is 3.39. The summed E-state index contributed by atoms with van der Waals surface area (Å²) < 4.78 is 5.95. The van der Waals surface area contributed by atoms with E-state index in [1.807, 2.05) is 48.5 Å². The highest BCUT2D eigenvalue weighted by Gasteiger charge is 2.32. The molecule has 1 aliphatic rings. The normalized spacial score (nSPS) is 12.4. The molecular weight excluding hydrogens is 352 g/mol. The minimum atomic E-state index is -0.491. The lowest BCUT2D eigenvalue weighted by molar-refractivity contribution is -0.116. The van der Waals surface area contributed by atoms with Crippen LogP contribution in [0.25, 0.3) is 0 Å². The average molecular weight is 372 g/mol. The molecule has 3 aromatic rings. The fourth-order valence-corrected chi connectivity index (χ4v) is 3.39. The molecule has 0 aromatic heterocycles. The van der Waals surface area contributed by atoms with Gasteiger partial charge in [0, 0.05) is 36.5 Å². The van der Waals surface area contributed by atoms with E-state index in [9.17, 15) is 9.59 Å². The van der Waals surface area contributed by atoms with Crippen LogP contribution in [0.3, 0.4) is 0 Å². The monoisotopic (exact) mass is 372 g/mol. The summed E-state index contributed by atoms with van der Waals surface area (Å²) >= 11 is 0.